The van der Waals surface area contributed by atoms with Crippen LogP contribution in [0, 0.1) is 0 Å². The molecule has 2 aromatic carbocycles. The van der Waals surface area contributed by atoms with Gasteiger partial charge in [0.1, 0.15) is 0 Å². The molecule has 4 heterocycles. The molecule has 6 heteroatoms. The molecule has 6 nitrogen and oxygen atoms in total. The number of fused-ring (bicyclic) bond motifs is 4. The molecular weight excluding hydrogens is 482 g/mol. The molecule has 2 fully saturated rings. The van der Waals surface area contributed by atoms with Gasteiger partial charge in [0.25, 0.3) is 0 Å². The second-order valence-electron chi connectivity index (χ2n) is 12.4. The van der Waals surface area contributed by atoms with E-state index in [4.69, 9.17) is 0 Å². The Bertz CT molecular complexity index is 1470. The molecule has 0 saturated carbocycles. The number of hydrogen-bond acceptors (Lipinski definition) is 5. The average Bonchev–Trinajstić information content (AvgIpc) is 3.65. The normalized spacial score (nSPS) is 21.7. The van der Waals surface area contributed by atoms with Gasteiger partial charge in [-0.1, -0.05) is 26.0 Å². The molecule has 0 spiro atoms. The molecule has 0 radical (unpaired) electrons. The zero-order valence-electron chi connectivity index (χ0n) is 23.6. The number of nitrogens with one attached hydrogen (secondary N) is 3. The van der Waals surface area contributed by atoms with E-state index in [1.165, 1.54) is 55.6 Å². The highest BCUT2D eigenvalue weighted by atomic mass is 16.1. The number of likely N-dealkylation sites (tertiary alicyclic amines) is 1. The number of carbonyl (C=O) groups excluding carboxylic acids is 1. The predicted octanol–water partition coefficient (Wildman–Crippen LogP) is 5.52. The largest absolute Gasteiger partial charge is 0.388 e. The monoisotopic (exact) mass is 523 g/mol. The second kappa shape index (κ2) is 9.53. The van der Waals surface area contributed by atoms with Crippen LogP contribution in [0.1, 0.15) is 78.7 Å². The van der Waals surface area contributed by atoms with E-state index in [0.717, 1.165) is 77.6 Å². The Labute approximate surface area is 231 Å². The van der Waals surface area contributed by atoms with Crippen LogP contribution in [0.3, 0.4) is 0 Å². The van der Waals surface area contributed by atoms with Crippen LogP contribution in [-0.4, -0.2) is 68.0 Å². The molecule has 1 aromatic heterocycles. The summed E-state index contributed by atoms with van der Waals surface area (Å²) in [5.74, 6) is 0.151. The van der Waals surface area contributed by atoms with Gasteiger partial charge in [-0.15, -0.1) is 0 Å². The topological polar surface area (TPSA) is 63.4 Å². The fourth-order valence-corrected chi connectivity index (χ4v) is 7.58. The smallest absolute Gasteiger partial charge is 0.195 e. The molecule has 2 saturated heterocycles. The third kappa shape index (κ3) is 4.03. The first-order valence-electron chi connectivity index (χ1n) is 14.9. The van der Waals surface area contributed by atoms with Crippen molar-refractivity contribution in [3.8, 4) is 0 Å². The summed E-state index contributed by atoms with van der Waals surface area (Å²) in [5, 5.41) is 7.72. The van der Waals surface area contributed by atoms with Crippen molar-refractivity contribution in [3.05, 3.63) is 64.4 Å². The lowest BCUT2D eigenvalue weighted by atomic mass is 9.70. The number of rotatable bonds is 4. The van der Waals surface area contributed by atoms with Gasteiger partial charge in [0, 0.05) is 77.2 Å². The summed E-state index contributed by atoms with van der Waals surface area (Å²) in [6, 6.07) is 11.6. The third-order valence-electron chi connectivity index (χ3n) is 9.87. The van der Waals surface area contributed by atoms with E-state index in [1.807, 2.05) is 7.05 Å². The van der Waals surface area contributed by atoms with E-state index in [-0.39, 0.29) is 11.2 Å². The number of H-pyrrole nitrogens is 1. The Morgan fingerprint density at radius 1 is 1.00 bits per heavy atom. The maximum absolute atomic E-state index is 14.3. The van der Waals surface area contributed by atoms with Gasteiger partial charge >= 0.3 is 0 Å². The van der Waals surface area contributed by atoms with Gasteiger partial charge in [-0.2, -0.15) is 0 Å². The van der Waals surface area contributed by atoms with Crippen LogP contribution in [-0.2, 0) is 5.41 Å². The molecule has 3 aliphatic heterocycles. The molecular formula is C33H41N5O. The maximum atomic E-state index is 14.3. The average molecular weight is 524 g/mol. The number of nitrogens with zero attached hydrogens (tertiary/aromatic N) is 2. The number of carbonyl (C=O) groups is 1. The van der Waals surface area contributed by atoms with Gasteiger partial charge in [0.2, 0.25) is 0 Å². The zero-order valence-corrected chi connectivity index (χ0v) is 23.6. The SMILES string of the molecule is CNc1ccc2c3c([nH]c2c1)C(C)(C)c1cc(N2CCC(N4CCCC4)CC2)c(C2=CCNCC2)cc1C3=O. The Kier molecular flexibility index (Phi) is 6.09. The molecule has 4 aliphatic rings. The number of anilines is 2. The van der Waals surface area contributed by atoms with Crippen LogP contribution in [0.4, 0.5) is 11.4 Å². The van der Waals surface area contributed by atoms with Crippen molar-refractivity contribution in [2.24, 2.45) is 0 Å². The lowest BCUT2D eigenvalue weighted by Gasteiger charge is -2.40. The lowest BCUT2D eigenvalue weighted by molar-refractivity contribution is 0.103. The Balaban J connectivity index is 1.33. The van der Waals surface area contributed by atoms with Gasteiger partial charge in [-0.3, -0.25) is 4.79 Å². The number of benzene rings is 2. The molecule has 7 rings (SSSR count). The summed E-state index contributed by atoms with van der Waals surface area (Å²) >= 11 is 0. The van der Waals surface area contributed by atoms with Crippen LogP contribution >= 0.6 is 0 Å². The summed E-state index contributed by atoms with van der Waals surface area (Å²) in [6.45, 7) is 11.1. The molecule has 39 heavy (non-hydrogen) atoms. The van der Waals surface area contributed by atoms with E-state index in [2.05, 4.69) is 75.7 Å². The molecule has 0 bridgehead atoms. The van der Waals surface area contributed by atoms with Crippen LogP contribution < -0.4 is 15.5 Å². The van der Waals surface area contributed by atoms with E-state index >= 15 is 0 Å². The summed E-state index contributed by atoms with van der Waals surface area (Å²) in [7, 11) is 1.93. The van der Waals surface area contributed by atoms with Crippen molar-refractivity contribution in [2.75, 3.05) is 56.5 Å². The van der Waals surface area contributed by atoms with E-state index in [0.29, 0.717) is 0 Å². The fourth-order valence-electron chi connectivity index (χ4n) is 7.58. The molecule has 0 unspecified atom stereocenters. The highest BCUT2D eigenvalue weighted by Gasteiger charge is 2.41. The van der Waals surface area contributed by atoms with Crippen molar-refractivity contribution in [2.45, 2.75) is 57.4 Å². The van der Waals surface area contributed by atoms with Gasteiger partial charge in [0.15, 0.2) is 5.78 Å². The second-order valence-corrected chi connectivity index (χ2v) is 12.4. The van der Waals surface area contributed by atoms with Crippen LogP contribution in [0.5, 0.6) is 0 Å². The Morgan fingerprint density at radius 3 is 2.51 bits per heavy atom. The van der Waals surface area contributed by atoms with Gasteiger partial charge in [-0.05, 0) is 87.1 Å². The maximum Gasteiger partial charge on any atom is 0.195 e. The number of aromatic amines is 1. The zero-order chi connectivity index (χ0) is 26.7. The van der Waals surface area contributed by atoms with Crippen LogP contribution in [0.25, 0.3) is 16.5 Å². The Hall–Kier alpha value is -3.09. The first-order valence-corrected chi connectivity index (χ1v) is 14.9. The molecule has 0 amide bonds. The molecule has 1 aliphatic carbocycles. The van der Waals surface area contributed by atoms with E-state index in [9.17, 15) is 4.79 Å². The lowest BCUT2D eigenvalue weighted by Crippen LogP contribution is -2.44. The minimum Gasteiger partial charge on any atom is -0.388 e. The minimum atomic E-state index is -0.305. The molecule has 3 N–H and O–H groups in total. The highest BCUT2D eigenvalue weighted by molar-refractivity contribution is 6.20. The van der Waals surface area contributed by atoms with E-state index in [1.54, 1.807) is 0 Å². The molecule has 3 aromatic rings. The number of aromatic nitrogens is 1. The van der Waals surface area contributed by atoms with E-state index < -0.39 is 0 Å². The van der Waals surface area contributed by atoms with Crippen LogP contribution in [0.15, 0.2) is 36.4 Å². The van der Waals surface area contributed by atoms with Crippen LogP contribution in [0.2, 0.25) is 0 Å². The van der Waals surface area contributed by atoms with Crippen molar-refractivity contribution < 1.29 is 4.79 Å². The first kappa shape index (κ1) is 24.9. The fraction of sp³-hybridized carbons (Fsp3) is 0.485. The Morgan fingerprint density at radius 2 is 1.79 bits per heavy atom. The number of hydrogen-bond donors (Lipinski definition) is 3. The third-order valence-corrected chi connectivity index (χ3v) is 9.87. The highest BCUT2D eigenvalue weighted by Crippen LogP contribution is 2.47. The summed E-state index contributed by atoms with van der Waals surface area (Å²) in [4.78, 5) is 23.3. The summed E-state index contributed by atoms with van der Waals surface area (Å²) in [6.07, 6.45) is 8.48. The van der Waals surface area contributed by atoms with Crippen molar-refractivity contribution in [1.82, 2.24) is 15.2 Å². The number of ketones is 1. The van der Waals surface area contributed by atoms with Crippen molar-refractivity contribution in [1.29, 1.82) is 0 Å². The summed E-state index contributed by atoms with van der Waals surface area (Å²) in [5.41, 5.74) is 9.62. The van der Waals surface area contributed by atoms with Crippen molar-refractivity contribution >= 4 is 33.6 Å². The summed E-state index contributed by atoms with van der Waals surface area (Å²) < 4.78 is 0. The first-order chi connectivity index (χ1) is 19.0. The minimum absolute atomic E-state index is 0.151. The van der Waals surface area contributed by atoms with Gasteiger partial charge in [0.05, 0.1) is 5.56 Å². The predicted molar refractivity (Wildman–Crippen MR) is 161 cm³/mol. The standard InChI is InChI=1S/C33H41N5O/c1-33(2)27-20-29(38-16-10-23(11-17-38)37-14-4-5-15-37)25(21-8-12-35-13-9-21)19-26(27)31(39)30-24-7-6-22(34-3)18-28(24)36-32(30)33/h6-8,18-20,23,34-36H,4-5,9-17H2,1-3H3. The quantitative estimate of drug-likeness (QED) is 0.420. The number of piperidine rings is 1. The van der Waals surface area contributed by atoms with Gasteiger partial charge in [-0.25, -0.2) is 0 Å². The molecule has 0 atom stereocenters. The van der Waals surface area contributed by atoms with Crippen molar-refractivity contribution in [3.63, 3.8) is 0 Å². The van der Waals surface area contributed by atoms with Gasteiger partial charge < -0.3 is 25.4 Å². The molecule has 204 valence electrons.